The van der Waals surface area contributed by atoms with E-state index in [1.807, 2.05) is 13.8 Å². The van der Waals surface area contributed by atoms with E-state index in [1.54, 1.807) is 35.3 Å². The summed E-state index contributed by atoms with van der Waals surface area (Å²) in [5.74, 6) is -0.767. The molecule has 1 amide bonds. The van der Waals surface area contributed by atoms with Gasteiger partial charge in [0.05, 0.1) is 16.7 Å². The number of nitrogens with zero attached hydrogens (tertiary/aromatic N) is 4. The molecule has 41 heavy (non-hydrogen) atoms. The molecule has 4 aromatic rings. The molecule has 216 valence electrons. The van der Waals surface area contributed by atoms with Crippen LogP contribution in [0.15, 0.2) is 61.3 Å². The van der Waals surface area contributed by atoms with Gasteiger partial charge in [-0.2, -0.15) is 13.2 Å². The van der Waals surface area contributed by atoms with Crippen LogP contribution in [0.2, 0.25) is 0 Å². The highest BCUT2D eigenvalue weighted by molar-refractivity contribution is 6.04. The quantitative estimate of drug-likeness (QED) is 0.256. The van der Waals surface area contributed by atoms with Gasteiger partial charge in [0.15, 0.2) is 0 Å². The van der Waals surface area contributed by atoms with Gasteiger partial charge < -0.3 is 20.6 Å². The predicted octanol–water partition coefficient (Wildman–Crippen LogP) is 6.32. The smallest absolute Gasteiger partial charge is 0.416 e. The van der Waals surface area contributed by atoms with Gasteiger partial charge in [0.2, 0.25) is 0 Å². The number of hydrogen-bond acceptors (Lipinski definition) is 6. The van der Waals surface area contributed by atoms with Gasteiger partial charge in [-0.1, -0.05) is 45.2 Å². The number of nitrogens with two attached hydrogens (primary N) is 1. The molecular weight excluding hydrogens is 537 g/mol. The second-order valence-corrected chi connectivity index (χ2v) is 10.3. The van der Waals surface area contributed by atoms with Crippen LogP contribution in [0.25, 0.3) is 16.8 Å². The predicted molar refractivity (Wildman–Crippen MR) is 148 cm³/mol. The Morgan fingerprint density at radius 2 is 1.71 bits per heavy atom. The molecule has 1 aliphatic carbocycles. The number of alkyl halides is 3. The topological polar surface area (TPSA) is 136 Å². The van der Waals surface area contributed by atoms with E-state index in [9.17, 15) is 22.8 Å². The van der Waals surface area contributed by atoms with Gasteiger partial charge in [-0.3, -0.25) is 9.59 Å². The summed E-state index contributed by atoms with van der Waals surface area (Å²) in [6, 6.07) is 8.03. The molecule has 0 spiro atoms. The van der Waals surface area contributed by atoms with Crippen LogP contribution in [0.4, 0.5) is 24.8 Å². The number of hydrogen-bond donors (Lipinski definition) is 3. The summed E-state index contributed by atoms with van der Waals surface area (Å²) in [4.78, 5) is 35.6. The number of imidazole rings is 1. The Kier molecular flexibility index (Phi) is 8.60. The van der Waals surface area contributed by atoms with E-state index in [4.69, 9.17) is 10.8 Å². The van der Waals surface area contributed by atoms with Crippen LogP contribution < -0.4 is 11.1 Å². The van der Waals surface area contributed by atoms with Gasteiger partial charge in [0.25, 0.3) is 5.91 Å². The lowest BCUT2D eigenvalue weighted by Gasteiger charge is -2.36. The van der Waals surface area contributed by atoms with Crippen LogP contribution in [0.5, 0.6) is 0 Å². The molecule has 0 radical (unpaired) electrons. The normalized spacial score (nSPS) is 14.8. The zero-order valence-electron chi connectivity index (χ0n) is 22.7. The van der Waals surface area contributed by atoms with Crippen molar-refractivity contribution in [3.63, 3.8) is 0 Å². The van der Waals surface area contributed by atoms with E-state index in [-0.39, 0.29) is 17.3 Å². The molecule has 0 aliphatic heterocycles. The number of carbonyl (C=O) groups excluding carboxylic acids is 1. The number of carboxylic acids is 1. The number of fused-ring (bicyclic) bond motifs is 1. The van der Waals surface area contributed by atoms with E-state index in [0.717, 1.165) is 44.0 Å². The van der Waals surface area contributed by atoms with Gasteiger partial charge >= 0.3 is 12.1 Å². The molecule has 5 rings (SSSR count). The van der Waals surface area contributed by atoms with Crippen molar-refractivity contribution in [2.24, 2.45) is 11.3 Å². The molecular formula is C29H31F3N6O3. The van der Waals surface area contributed by atoms with Crippen molar-refractivity contribution in [3.8, 4) is 11.3 Å². The summed E-state index contributed by atoms with van der Waals surface area (Å²) in [6.45, 7) is 4.05. The first-order chi connectivity index (χ1) is 19.4. The molecule has 0 unspecified atom stereocenters. The molecule has 1 saturated carbocycles. The maximum absolute atomic E-state index is 12.8. The zero-order chi connectivity index (χ0) is 29.8. The molecule has 0 saturated heterocycles. The average Bonchev–Trinajstić information content (AvgIpc) is 3.39. The summed E-state index contributed by atoms with van der Waals surface area (Å²) in [7, 11) is 0. The third kappa shape index (κ3) is 6.47. The van der Waals surface area contributed by atoms with Gasteiger partial charge in [-0.25, -0.2) is 15.0 Å². The second kappa shape index (κ2) is 11.9. The molecule has 1 aliphatic rings. The van der Waals surface area contributed by atoms with Crippen LogP contribution >= 0.6 is 0 Å². The van der Waals surface area contributed by atoms with Gasteiger partial charge in [0, 0.05) is 29.7 Å². The lowest BCUT2D eigenvalue weighted by Crippen LogP contribution is -2.38. The van der Waals surface area contributed by atoms with Crippen molar-refractivity contribution >= 4 is 29.0 Å². The zero-order valence-corrected chi connectivity index (χ0v) is 22.7. The fourth-order valence-electron chi connectivity index (χ4n) is 5.05. The second-order valence-electron chi connectivity index (χ2n) is 10.3. The number of nitrogen functional groups attached to an aromatic ring is 1. The minimum absolute atomic E-state index is 0.187. The monoisotopic (exact) mass is 568 g/mol. The Hall–Kier alpha value is -4.48. The van der Waals surface area contributed by atoms with E-state index < -0.39 is 29.0 Å². The van der Waals surface area contributed by atoms with Crippen molar-refractivity contribution in [1.82, 2.24) is 19.4 Å². The minimum Gasteiger partial charge on any atom is -0.481 e. The number of amides is 1. The van der Waals surface area contributed by atoms with Crippen molar-refractivity contribution < 1.29 is 27.9 Å². The SMILES string of the molecule is CC(C)C1(C(=O)O)CCCCC1.Nc1nccn2cnc(-c3ccc(C(=O)Nc4cc(C(F)(F)F)ccn4)cc3)c12. The molecule has 3 heterocycles. The summed E-state index contributed by atoms with van der Waals surface area (Å²) in [5.41, 5.74) is 6.82. The number of carboxylic acid groups (broad SMARTS) is 1. The number of halogens is 3. The van der Waals surface area contributed by atoms with Crippen LogP contribution in [-0.4, -0.2) is 36.3 Å². The fraction of sp³-hybridized carbons (Fsp3) is 0.345. The molecule has 4 N–H and O–H groups in total. The number of nitrogens with one attached hydrogen (secondary N) is 1. The Morgan fingerprint density at radius 1 is 1.02 bits per heavy atom. The number of aliphatic carboxylic acids is 1. The van der Waals surface area contributed by atoms with E-state index >= 15 is 0 Å². The molecule has 3 aromatic heterocycles. The fourth-order valence-corrected chi connectivity index (χ4v) is 5.05. The Labute approximate surface area is 234 Å². The van der Waals surface area contributed by atoms with Crippen LogP contribution in [0.1, 0.15) is 61.9 Å². The number of anilines is 2. The Bertz CT molecular complexity index is 1530. The third-order valence-corrected chi connectivity index (χ3v) is 7.50. The first-order valence-electron chi connectivity index (χ1n) is 13.2. The number of aromatic nitrogens is 4. The minimum atomic E-state index is -4.52. The third-order valence-electron chi connectivity index (χ3n) is 7.50. The molecule has 9 nitrogen and oxygen atoms in total. The van der Waals surface area contributed by atoms with E-state index in [0.29, 0.717) is 22.6 Å². The van der Waals surface area contributed by atoms with Gasteiger partial charge in [-0.05, 0) is 43.0 Å². The summed E-state index contributed by atoms with van der Waals surface area (Å²) in [6.07, 6.45) is 6.48. The van der Waals surface area contributed by atoms with Gasteiger partial charge in [0.1, 0.15) is 23.5 Å². The molecule has 1 aromatic carbocycles. The standard InChI is InChI=1S/C19H13F3N6O.C10H18O2/c20-19(21,22)13-5-6-24-14(9-13)27-18(29)12-3-1-11(2-4-12)15-16-17(23)25-7-8-28(16)10-26-15;1-8(2)10(9(11)12)6-4-3-5-7-10/h1-10H,(H2,23,25)(H,24,27,29);8H,3-7H2,1-2H3,(H,11,12). The van der Waals surface area contributed by atoms with Crippen molar-refractivity contribution in [2.75, 3.05) is 11.1 Å². The maximum Gasteiger partial charge on any atom is 0.416 e. The number of benzene rings is 1. The molecule has 12 heteroatoms. The number of rotatable bonds is 5. The lowest BCUT2D eigenvalue weighted by atomic mass is 9.67. The molecule has 0 bridgehead atoms. The first-order valence-corrected chi connectivity index (χ1v) is 13.2. The number of pyridine rings is 1. The number of carbonyl (C=O) groups is 2. The highest BCUT2D eigenvalue weighted by Crippen LogP contribution is 2.42. The first kappa shape index (κ1) is 29.5. The Balaban J connectivity index is 0.000000271. The van der Waals surface area contributed by atoms with Crippen molar-refractivity contribution in [2.45, 2.75) is 52.1 Å². The van der Waals surface area contributed by atoms with Crippen molar-refractivity contribution in [3.05, 3.63) is 72.4 Å². The Morgan fingerprint density at radius 3 is 2.29 bits per heavy atom. The van der Waals surface area contributed by atoms with Crippen LogP contribution in [-0.2, 0) is 11.0 Å². The molecule has 0 atom stereocenters. The maximum atomic E-state index is 12.8. The van der Waals surface area contributed by atoms with E-state index in [1.165, 1.54) is 18.6 Å². The largest absolute Gasteiger partial charge is 0.481 e. The summed E-state index contributed by atoms with van der Waals surface area (Å²) < 4.78 is 40.1. The summed E-state index contributed by atoms with van der Waals surface area (Å²) >= 11 is 0. The highest BCUT2D eigenvalue weighted by atomic mass is 19.4. The van der Waals surface area contributed by atoms with Crippen molar-refractivity contribution in [1.29, 1.82) is 0 Å². The molecule has 1 fully saturated rings. The van der Waals surface area contributed by atoms with Crippen LogP contribution in [0, 0.1) is 11.3 Å². The van der Waals surface area contributed by atoms with Crippen LogP contribution in [0.3, 0.4) is 0 Å². The summed E-state index contributed by atoms with van der Waals surface area (Å²) in [5, 5.41) is 11.5. The highest BCUT2D eigenvalue weighted by Gasteiger charge is 2.42. The van der Waals surface area contributed by atoms with Gasteiger partial charge in [-0.15, -0.1) is 0 Å². The lowest BCUT2D eigenvalue weighted by molar-refractivity contribution is -0.154. The van der Waals surface area contributed by atoms with E-state index in [2.05, 4.69) is 20.3 Å². The average molecular weight is 569 g/mol.